The van der Waals surface area contributed by atoms with E-state index in [0.29, 0.717) is 0 Å². The van der Waals surface area contributed by atoms with E-state index < -0.39 is 0 Å². The first-order valence-electron chi connectivity index (χ1n) is 7.79. The number of nitrogens with zero attached hydrogens (tertiary/aromatic N) is 1. The molecule has 22 heavy (non-hydrogen) atoms. The maximum Gasteiger partial charge on any atom is 0.131 e. The summed E-state index contributed by atoms with van der Waals surface area (Å²) in [6.07, 6.45) is 4.37. The first-order chi connectivity index (χ1) is 10.4. The van der Waals surface area contributed by atoms with Crippen LogP contribution in [0.15, 0.2) is 30.3 Å². The Morgan fingerprint density at radius 3 is 2.55 bits per heavy atom. The third kappa shape index (κ3) is 1.61. The minimum Gasteiger partial charge on any atom is -0.483 e. The Labute approximate surface area is 131 Å². The van der Waals surface area contributed by atoms with E-state index >= 15 is 0 Å². The van der Waals surface area contributed by atoms with Gasteiger partial charge in [-0.05, 0) is 45.4 Å². The number of rotatable bonds is 0. The zero-order valence-corrected chi connectivity index (χ0v) is 13.8. The standard InChI is InChI=1S/C20H21NO/c1-12-14-10-11-20(3,4)22-19(14)13(2)17-15-8-6-7-9-16(15)21(5)18(12)17/h6-11H,1-5H3. The highest BCUT2D eigenvalue weighted by molar-refractivity contribution is 6.12. The molecule has 0 spiro atoms. The lowest BCUT2D eigenvalue weighted by atomic mass is 9.93. The Bertz CT molecular complexity index is 957. The van der Waals surface area contributed by atoms with Crippen molar-refractivity contribution in [1.82, 2.24) is 4.57 Å². The van der Waals surface area contributed by atoms with Crippen molar-refractivity contribution in [3.8, 4) is 5.75 Å². The fourth-order valence-corrected chi connectivity index (χ4v) is 3.74. The van der Waals surface area contributed by atoms with Crippen LogP contribution in [-0.4, -0.2) is 10.2 Å². The normalized spacial score (nSPS) is 16.0. The average molecular weight is 291 g/mol. The summed E-state index contributed by atoms with van der Waals surface area (Å²) in [5, 5.41) is 2.62. The van der Waals surface area contributed by atoms with E-state index in [2.05, 4.69) is 75.7 Å². The molecule has 0 saturated carbocycles. The molecule has 0 N–H and O–H groups in total. The molecule has 1 aliphatic heterocycles. The zero-order chi connectivity index (χ0) is 15.6. The van der Waals surface area contributed by atoms with E-state index in [1.807, 2.05) is 0 Å². The fraction of sp³-hybridized carbons (Fsp3) is 0.300. The molecule has 0 aliphatic carbocycles. The Morgan fingerprint density at radius 2 is 1.77 bits per heavy atom. The van der Waals surface area contributed by atoms with Crippen molar-refractivity contribution >= 4 is 27.9 Å². The molecule has 0 fully saturated rings. The Balaban J connectivity index is 2.24. The van der Waals surface area contributed by atoms with Gasteiger partial charge in [-0.15, -0.1) is 0 Å². The van der Waals surface area contributed by atoms with Crippen LogP contribution >= 0.6 is 0 Å². The highest BCUT2D eigenvalue weighted by Gasteiger charge is 2.27. The van der Waals surface area contributed by atoms with E-state index in [0.717, 1.165) is 5.75 Å². The summed E-state index contributed by atoms with van der Waals surface area (Å²) in [5.74, 6) is 1.04. The Hall–Kier alpha value is -2.22. The maximum atomic E-state index is 6.30. The number of ether oxygens (including phenoxy) is 1. The molecule has 2 heterocycles. The van der Waals surface area contributed by atoms with Crippen LogP contribution in [-0.2, 0) is 7.05 Å². The van der Waals surface area contributed by atoms with E-state index in [1.165, 1.54) is 38.5 Å². The van der Waals surface area contributed by atoms with Crippen molar-refractivity contribution in [2.75, 3.05) is 0 Å². The van der Waals surface area contributed by atoms with Crippen LogP contribution in [0.3, 0.4) is 0 Å². The molecule has 112 valence electrons. The van der Waals surface area contributed by atoms with Gasteiger partial charge in [0.2, 0.25) is 0 Å². The van der Waals surface area contributed by atoms with Gasteiger partial charge in [0.15, 0.2) is 0 Å². The highest BCUT2D eigenvalue weighted by atomic mass is 16.5. The molecule has 0 bridgehead atoms. The molecule has 0 amide bonds. The van der Waals surface area contributed by atoms with Gasteiger partial charge >= 0.3 is 0 Å². The van der Waals surface area contributed by atoms with Gasteiger partial charge in [-0.3, -0.25) is 0 Å². The van der Waals surface area contributed by atoms with Gasteiger partial charge in [0.05, 0.1) is 5.52 Å². The van der Waals surface area contributed by atoms with Crippen molar-refractivity contribution in [3.63, 3.8) is 0 Å². The topological polar surface area (TPSA) is 14.2 Å². The molecule has 2 aromatic carbocycles. The SMILES string of the molecule is Cc1c2c(c(C)c3c1c1ccccc1n3C)C=CC(C)(C)O2. The van der Waals surface area contributed by atoms with E-state index in [4.69, 9.17) is 4.74 Å². The Kier molecular flexibility index (Phi) is 2.54. The lowest BCUT2D eigenvalue weighted by Crippen LogP contribution is -2.28. The molecule has 1 aromatic heterocycles. The molecule has 0 saturated heterocycles. The number of para-hydroxylation sites is 1. The smallest absolute Gasteiger partial charge is 0.131 e. The summed E-state index contributed by atoms with van der Waals surface area (Å²) >= 11 is 0. The summed E-state index contributed by atoms with van der Waals surface area (Å²) in [5.41, 5.74) is 6.09. The number of aryl methyl sites for hydroxylation is 3. The summed E-state index contributed by atoms with van der Waals surface area (Å²) in [7, 11) is 2.15. The number of hydrogen-bond donors (Lipinski definition) is 0. The predicted molar refractivity (Wildman–Crippen MR) is 93.6 cm³/mol. The molecule has 2 nitrogen and oxygen atoms in total. The third-order valence-electron chi connectivity index (χ3n) is 4.84. The molecule has 4 rings (SSSR count). The molecule has 0 unspecified atom stereocenters. The van der Waals surface area contributed by atoms with Gasteiger partial charge in [-0.25, -0.2) is 0 Å². The van der Waals surface area contributed by atoms with E-state index in [9.17, 15) is 0 Å². The quantitative estimate of drug-likeness (QED) is 0.560. The van der Waals surface area contributed by atoms with Crippen LogP contribution in [0, 0.1) is 13.8 Å². The third-order valence-corrected chi connectivity index (χ3v) is 4.84. The molecule has 0 atom stereocenters. The monoisotopic (exact) mass is 291 g/mol. The number of fused-ring (bicyclic) bond motifs is 4. The van der Waals surface area contributed by atoms with Crippen LogP contribution in [0.4, 0.5) is 0 Å². The van der Waals surface area contributed by atoms with Gasteiger partial charge in [0.1, 0.15) is 11.4 Å². The fourth-order valence-electron chi connectivity index (χ4n) is 3.74. The van der Waals surface area contributed by atoms with Crippen LogP contribution in [0.25, 0.3) is 27.9 Å². The van der Waals surface area contributed by atoms with E-state index in [-0.39, 0.29) is 5.60 Å². The lowest BCUT2D eigenvalue weighted by molar-refractivity contribution is 0.158. The summed E-state index contributed by atoms with van der Waals surface area (Å²) < 4.78 is 8.61. The van der Waals surface area contributed by atoms with Crippen molar-refractivity contribution in [3.05, 3.63) is 47.0 Å². The van der Waals surface area contributed by atoms with Crippen molar-refractivity contribution in [1.29, 1.82) is 0 Å². The van der Waals surface area contributed by atoms with Crippen molar-refractivity contribution < 1.29 is 4.74 Å². The second-order valence-corrected chi connectivity index (χ2v) is 6.83. The van der Waals surface area contributed by atoms with Crippen LogP contribution in [0.2, 0.25) is 0 Å². The first-order valence-corrected chi connectivity index (χ1v) is 7.79. The van der Waals surface area contributed by atoms with Crippen LogP contribution in [0.1, 0.15) is 30.5 Å². The second-order valence-electron chi connectivity index (χ2n) is 6.83. The molecular weight excluding hydrogens is 270 g/mol. The molecular formula is C20H21NO. The maximum absolute atomic E-state index is 6.30. The minimum atomic E-state index is -0.248. The van der Waals surface area contributed by atoms with Gasteiger partial charge < -0.3 is 9.30 Å². The van der Waals surface area contributed by atoms with Crippen molar-refractivity contribution in [2.45, 2.75) is 33.3 Å². The minimum absolute atomic E-state index is 0.248. The summed E-state index contributed by atoms with van der Waals surface area (Å²) in [6, 6.07) is 8.61. The van der Waals surface area contributed by atoms with E-state index in [1.54, 1.807) is 0 Å². The highest BCUT2D eigenvalue weighted by Crippen LogP contribution is 2.44. The second kappa shape index (κ2) is 4.16. The summed E-state index contributed by atoms with van der Waals surface area (Å²) in [6.45, 7) is 8.59. The first kappa shape index (κ1) is 13.4. The average Bonchev–Trinajstić information content (AvgIpc) is 2.78. The molecule has 1 aliphatic rings. The molecule has 0 radical (unpaired) electrons. The molecule has 2 heteroatoms. The Morgan fingerprint density at radius 1 is 1.05 bits per heavy atom. The van der Waals surface area contributed by atoms with Gasteiger partial charge in [-0.1, -0.05) is 24.3 Å². The number of benzene rings is 2. The molecule has 3 aromatic rings. The predicted octanol–water partition coefficient (Wildman–Crippen LogP) is 5.13. The lowest BCUT2D eigenvalue weighted by Gasteiger charge is -2.30. The van der Waals surface area contributed by atoms with Crippen molar-refractivity contribution in [2.24, 2.45) is 7.05 Å². The van der Waals surface area contributed by atoms with Gasteiger partial charge in [0.25, 0.3) is 0 Å². The summed E-state index contributed by atoms with van der Waals surface area (Å²) in [4.78, 5) is 0. The van der Waals surface area contributed by atoms with Gasteiger partial charge in [-0.2, -0.15) is 0 Å². The van der Waals surface area contributed by atoms with Crippen LogP contribution < -0.4 is 4.74 Å². The van der Waals surface area contributed by atoms with Gasteiger partial charge in [0, 0.05) is 34.5 Å². The zero-order valence-electron chi connectivity index (χ0n) is 13.8. The van der Waals surface area contributed by atoms with Crippen LogP contribution in [0.5, 0.6) is 5.75 Å². The number of hydrogen-bond acceptors (Lipinski definition) is 1. The largest absolute Gasteiger partial charge is 0.483 e. The number of aromatic nitrogens is 1.